The number of nitrogens with two attached hydrogens (primary N) is 2. The van der Waals surface area contributed by atoms with Crippen molar-refractivity contribution in [2.45, 2.75) is 44.5 Å². The fourth-order valence-electron chi connectivity index (χ4n) is 4.26. The van der Waals surface area contributed by atoms with Crippen LogP contribution in [-0.2, 0) is 27.3 Å². The number of hydrogen-bond acceptors (Lipinski definition) is 7. The van der Waals surface area contributed by atoms with Gasteiger partial charge in [-0.1, -0.05) is 30.3 Å². The van der Waals surface area contributed by atoms with Gasteiger partial charge in [-0.3, -0.25) is 4.79 Å². The lowest BCUT2D eigenvalue weighted by atomic mass is 10.1. The van der Waals surface area contributed by atoms with Gasteiger partial charge >= 0.3 is 12.1 Å². The molecule has 12 heteroatoms. The van der Waals surface area contributed by atoms with E-state index in [1.165, 1.54) is 0 Å². The number of halogens is 3. The standard InChI is InChI=1S/C26H26F3N5O4/c1-37-16-11-9-15(10-12-16)14-20-33-21-22(17-6-2-3-7-18(17)32-23(21)30)34(20)13-5-4-8-19(24(31)35)38-25(36)26(27,28)29/h2-3,6-7,9-12,19H,4-5,8,13-14H2,1H3,(H2,30,32)(H2,31,35). The molecule has 1 amide bonds. The van der Waals surface area contributed by atoms with Gasteiger partial charge in [-0.15, -0.1) is 0 Å². The molecule has 0 aliphatic rings. The summed E-state index contributed by atoms with van der Waals surface area (Å²) in [6.07, 6.45) is -5.87. The number of rotatable bonds is 10. The highest BCUT2D eigenvalue weighted by molar-refractivity contribution is 6.06. The Labute approximate surface area is 215 Å². The summed E-state index contributed by atoms with van der Waals surface area (Å²) in [4.78, 5) is 32.0. The van der Waals surface area contributed by atoms with E-state index in [9.17, 15) is 22.8 Å². The second kappa shape index (κ2) is 11.0. The summed E-state index contributed by atoms with van der Waals surface area (Å²) < 4.78 is 49.2. The summed E-state index contributed by atoms with van der Waals surface area (Å²) in [6.45, 7) is 0.411. The molecule has 2 aromatic carbocycles. The van der Waals surface area contributed by atoms with E-state index in [1.807, 2.05) is 53.1 Å². The summed E-state index contributed by atoms with van der Waals surface area (Å²) in [5.41, 5.74) is 14.4. The summed E-state index contributed by atoms with van der Waals surface area (Å²) in [6, 6.07) is 15.0. The number of esters is 1. The topological polar surface area (TPSA) is 135 Å². The summed E-state index contributed by atoms with van der Waals surface area (Å²) in [5, 5.41) is 0.847. The van der Waals surface area contributed by atoms with Crippen molar-refractivity contribution in [1.29, 1.82) is 0 Å². The van der Waals surface area contributed by atoms with Gasteiger partial charge in [-0.25, -0.2) is 14.8 Å². The smallest absolute Gasteiger partial charge is 0.490 e. The van der Waals surface area contributed by atoms with E-state index in [-0.39, 0.29) is 18.7 Å². The third-order valence-electron chi connectivity index (χ3n) is 6.11. The van der Waals surface area contributed by atoms with Crippen LogP contribution in [0, 0.1) is 0 Å². The molecule has 2 aromatic heterocycles. The summed E-state index contributed by atoms with van der Waals surface area (Å²) in [5.74, 6) is -1.87. The molecule has 0 saturated heterocycles. The number of hydrogen-bond donors (Lipinski definition) is 2. The fraction of sp³-hybridized carbons (Fsp3) is 0.308. The van der Waals surface area contributed by atoms with Gasteiger partial charge in [0.25, 0.3) is 5.91 Å². The van der Waals surface area contributed by atoms with Crippen LogP contribution in [0.1, 0.15) is 30.7 Å². The zero-order chi connectivity index (χ0) is 27.4. The number of benzene rings is 2. The van der Waals surface area contributed by atoms with E-state index >= 15 is 0 Å². The second-order valence-electron chi connectivity index (χ2n) is 8.71. The van der Waals surface area contributed by atoms with Crippen molar-refractivity contribution < 1.29 is 32.2 Å². The monoisotopic (exact) mass is 529 g/mol. The number of carbonyl (C=O) groups excluding carboxylic acids is 2. The van der Waals surface area contributed by atoms with Crippen molar-refractivity contribution >= 4 is 39.6 Å². The first-order valence-corrected chi connectivity index (χ1v) is 11.8. The number of nitrogen functional groups attached to an aromatic ring is 1. The highest BCUT2D eigenvalue weighted by Gasteiger charge is 2.43. The Morgan fingerprint density at radius 1 is 1.05 bits per heavy atom. The van der Waals surface area contributed by atoms with Gasteiger partial charge in [-0.05, 0) is 43.0 Å². The number of methoxy groups -OCH3 is 1. The Bertz CT molecular complexity index is 1470. The van der Waals surface area contributed by atoms with Crippen LogP contribution < -0.4 is 16.2 Å². The van der Waals surface area contributed by atoms with Crippen LogP contribution in [-0.4, -0.2) is 45.8 Å². The number of aromatic nitrogens is 3. The Morgan fingerprint density at radius 3 is 2.42 bits per heavy atom. The van der Waals surface area contributed by atoms with Crippen LogP contribution in [0.25, 0.3) is 21.9 Å². The molecule has 4 rings (SSSR count). The van der Waals surface area contributed by atoms with Crippen molar-refractivity contribution in [3.63, 3.8) is 0 Å². The van der Waals surface area contributed by atoms with Crippen molar-refractivity contribution in [2.24, 2.45) is 5.73 Å². The number of fused-ring (bicyclic) bond motifs is 3. The van der Waals surface area contributed by atoms with Crippen LogP contribution >= 0.6 is 0 Å². The predicted molar refractivity (Wildman–Crippen MR) is 134 cm³/mol. The Hall–Kier alpha value is -4.35. The van der Waals surface area contributed by atoms with Gasteiger partial charge in [0.05, 0.1) is 18.1 Å². The number of anilines is 1. The zero-order valence-corrected chi connectivity index (χ0v) is 20.5. The molecular weight excluding hydrogens is 503 g/mol. The maximum absolute atomic E-state index is 12.6. The molecule has 4 aromatic rings. The summed E-state index contributed by atoms with van der Waals surface area (Å²) in [7, 11) is 1.59. The number of primary amides is 1. The number of amides is 1. The first kappa shape index (κ1) is 26.7. The normalized spacial score (nSPS) is 12.5. The van der Waals surface area contributed by atoms with Crippen molar-refractivity contribution in [3.05, 3.63) is 59.9 Å². The highest BCUT2D eigenvalue weighted by Crippen LogP contribution is 2.30. The Balaban J connectivity index is 1.61. The van der Waals surface area contributed by atoms with Gasteiger partial charge in [0.15, 0.2) is 11.9 Å². The van der Waals surface area contributed by atoms with E-state index in [1.54, 1.807) is 7.11 Å². The molecule has 0 bridgehead atoms. The van der Waals surface area contributed by atoms with Crippen LogP contribution in [0.15, 0.2) is 48.5 Å². The average molecular weight is 530 g/mol. The third-order valence-corrected chi connectivity index (χ3v) is 6.11. The third kappa shape index (κ3) is 5.79. The number of imidazole rings is 1. The summed E-state index contributed by atoms with van der Waals surface area (Å²) >= 11 is 0. The molecule has 0 aliphatic heterocycles. The molecule has 1 unspecified atom stereocenters. The van der Waals surface area contributed by atoms with E-state index < -0.39 is 24.2 Å². The predicted octanol–water partition coefficient (Wildman–Crippen LogP) is 3.90. The minimum atomic E-state index is -5.21. The number of ether oxygens (including phenoxy) is 2. The Morgan fingerprint density at radius 2 is 1.76 bits per heavy atom. The molecule has 38 heavy (non-hydrogen) atoms. The van der Waals surface area contributed by atoms with Crippen molar-refractivity contribution in [3.8, 4) is 5.75 Å². The maximum Gasteiger partial charge on any atom is 0.490 e. The minimum Gasteiger partial charge on any atom is -0.497 e. The van der Waals surface area contributed by atoms with Gasteiger partial charge in [0, 0.05) is 18.4 Å². The SMILES string of the molecule is COc1ccc(Cc2nc3c(N)nc4ccccc4c3n2CCCCC(OC(=O)C(F)(F)F)C(N)=O)cc1. The molecule has 0 spiro atoms. The molecule has 0 aliphatic carbocycles. The molecule has 200 valence electrons. The molecule has 2 heterocycles. The van der Waals surface area contributed by atoms with Crippen molar-refractivity contribution in [1.82, 2.24) is 14.5 Å². The number of nitrogens with zero attached hydrogens (tertiary/aromatic N) is 3. The first-order valence-electron chi connectivity index (χ1n) is 11.8. The van der Waals surface area contributed by atoms with Crippen LogP contribution in [0.2, 0.25) is 0 Å². The molecule has 0 fully saturated rings. The maximum atomic E-state index is 12.6. The average Bonchev–Trinajstić information content (AvgIpc) is 3.24. The molecule has 0 saturated carbocycles. The van der Waals surface area contributed by atoms with E-state index in [0.717, 1.165) is 22.2 Å². The number of carbonyl (C=O) groups is 2. The number of unbranched alkanes of at least 4 members (excludes halogenated alkanes) is 1. The first-order chi connectivity index (χ1) is 18.1. The van der Waals surface area contributed by atoms with Crippen LogP contribution in [0.3, 0.4) is 0 Å². The molecule has 4 N–H and O–H groups in total. The number of pyridine rings is 1. The minimum absolute atomic E-state index is 0.151. The molecule has 1 atom stereocenters. The van der Waals surface area contributed by atoms with E-state index in [4.69, 9.17) is 21.2 Å². The quantitative estimate of drug-likeness (QED) is 0.235. The fourth-order valence-corrected chi connectivity index (χ4v) is 4.26. The lowest BCUT2D eigenvalue weighted by Gasteiger charge is -2.16. The lowest BCUT2D eigenvalue weighted by Crippen LogP contribution is -2.37. The number of aryl methyl sites for hydroxylation is 1. The zero-order valence-electron chi connectivity index (χ0n) is 20.5. The lowest BCUT2D eigenvalue weighted by molar-refractivity contribution is -0.205. The Kier molecular flexibility index (Phi) is 7.70. The van der Waals surface area contributed by atoms with E-state index in [2.05, 4.69) is 9.72 Å². The van der Waals surface area contributed by atoms with E-state index in [0.29, 0.717) is 36.2 Å². The largest absolute Gasteiger partial charge is 0.497 e. The van der Waals surface area contributed by atoms with Crippen LogP contribution in [0.4, 0.5) is 19.0 Å². The van der Waals surface area contributed by atoms with Crippen molar-refractivity contribution in [2.75, 3.05) is 12.8 Å². The van der Waals surface area contributed by atoms with Gasteiger partial charge in [0.1, 0.15) is 17.1 Å². The molecule has 9 nitrogen and oxygen atoms in total. The highest BCUT2D eigenvalue weighted by atomic mass is 19.4. The number of alkyl halides is 3. The second-order valence-corrected chi connectivity index (χ2v) is 8.71. The van der Waals surface area contributed by atoms with Gasteiger partial charge < -0.3 is 25.5 Å². The van der Waals surface area contributed by atoms with Gasteiger partial charge in [-0.2, -0.15) is 13.2 Å². The number of para-hydroxylation sites is 1. The van der Waals surface area contributed by atoms with Crippen LogP contribution in [0.5, 0.6) is 5.75 Å². The molecular formula is C26H26F3N5O4. The van der Waals surface area contributed by atoms with Gasteiger partial charge in [0.2, 0.25) is 0 Å². The molecule has 0 radical (unpaired) electrons.